The van der Waals surface area contributed by atoms with Gasteiger partial charge in [-0.1, -0.05) is 24.3 Å². The van der Waals surface area contributed by atoms with Crippen molar-refractivity contribution in [3.05, 3.63) is 35.4 Å². The Bertz CT molecular complexity index is 648. The lowest BCUT2D eigenvalue weighted by molar-refractivity contribution is -0.127. The summed E-state index contributed by atoms with van der Waals surface area (Å²) < 4.78 is 0. The van der Waals surface area contributed by atoms with Crippen molar-refractivity contribution in [3.8, 4) is 0 Å². The zero-order valence-electron chi connectivity index (χ0n) is 15.9. The maximum absolute atomic E-state index is 12.3. The zero-order chi connectivity index (χ0) is 18.5. The largest absolute Gasteiger partial charge is 0.343 e. The van der Waals surface area contributed by atoms with Crippen molar-refractivity contribution >= 4 is 11.9 Å². The first kappa shape index (κ1) is 18.7. The summed E-state index contributed by atoms with van der Waals surface area (Å²) in [5.41, 5.74) is 2.77. The van der Waals surface area contributed by atoms with Crippen molar-refractivity contribution in [2.75, 3.05) is 40.3 Å². The summed E-state index contributed by atoms with van der Waals surface area (Å²) in [4.78, 5) is 29.9. The van der Waals surface area contributed by atoms with Crippen LogP contribution in [0, 0.1) is 0 Å². The molecule has 1 aromatic rings. The number of fused-ring (bicyclic) bond motifs is 1. The van der Waals surface area contributed by atoms with E-state index >= 15 is 0 Å². The molecule has 0 spiro atoms. The molecule has 1 atom stereocenters. The molecule has 0 unspecified atom stereocenters. The van der Waals surface area contributed by atoms with Gasteiger partial charge in [-0.2, -0.15) is 0 Å². The molecule has 2 aliphatic rings. The number of likely N-dealkylation sites (N-methyl/N-ethyl adjacent to an activating group) is 2. The Hall–Kier alpha value is -2.08. The standard InChI is InChI=1S/C20H30N4O2/c1-22-14-17-8-4-3-7-16(17)13-18(22)15-23(2)20(26)21-10-6-12-24-11-5-9-19(24)25/h3-4,7-8,18H,5-6,9-15H2,1-2H3,(H,21,26)/t18-/m0/s1. The van der Waals surface area contributed by atoms with Gasteiger partial charge in [-0.05, 0) is 37.4 Å². The molecule has 1 N–H and O–H groups in total. The van der Waals surface area contributed by atoms with Crippen LogP contribution in [0.2, 0.25) is 0 Å². The van der Waals surface area contributed by atoms with Crippen LogP contribution in [0.4, 0.5) is 4.79 Å². The van der Waals surface area contributed by atoms with Crippen LogP contribution < -0.4 is 5.32 Å². The Balaban J connectivity index is 1.40. The van der Waals surface area contributed by atoms with Crippen LogP contribution in [0.1, 0.15) is 30.4 Å². The van der Waals surface area contributed by atoms with E-state index in [2.05, 4.69) is 41.5 Å². The number of urea groups is 1. The number of rotatable bonds is 6. The number of nitrogens with zero attached hydrogens (tertiary/aromatic N) is 3. The number of carbonyl (C=O) groups is 2. The highest BCUT2D eigenvalue weighted by Crippen LogP contribution is 2.22. The van der Waals surface area contributed by atoms with Gasteiger partial charge in [-0.25, -0.2) is 4.79 Å². The van der Waals surface area contributed by atoms with E-state index < -0.39 is 0 Å². The van der Waals surface area contributed by atoms with E-state index in [0.29, 0.717) is 25.6 Å². The van der Waals surface area contributed by atoms with E-state index in [1.165, 1.54) is 11.1 Å². The second kappa shape index (κ2) is 8.54. The maximum atomic E-state index is 12.3. The SMILES string of the molecule is CN(C[C@@H]1Cc2ccccc2CN1C)C(=O)NCCCN1CCCC1=O. The predicted octanol–water partition coefficient (Wildman–Crippen LogP) is 1.70. The topological polar surface area (TPSA) is 55.9 Å². The molecule has 3 rings (SSSR count). The third-order valence-electron chi connectivity index (χ3n) is 5.50. The van der Waals surface area contributed by atoms with Crippen LogP contribution in [-0.2, 0) is 17.8 Å². The van der Waals surface area contributed by atoms with Gasteiger partial charge >= 0.3 is 6.03 Å². The summed E-state index contributed by atoms with van der Waals surface area (Å²) in [6.07, 6.45) is 3.42. The first-order chi connectivity index (χ1) is 12.5. The number of benzene rings is 1. The lowest BCUT2D eigenvalue weighted by Crippen LogP contribution is -2.48. The first-order valence-corrected chi connectivity index (χ1v) is 9.58. The molecule has 1 aromatic carbocycles. The van der Waals surface area contributed by atoms with E-state index in [-0.39, 0.29) is 11.9 Å². The quantitative estimate of drug-likeness (QED) is 0.788. The van der Waals surface area contributed by atoms with Gasteiger partial charge in [0, 0.05) is 52.2 Å². The van der Waals surface area contributed by atoms with Crippen LogP contribution in [0.5, 0.6) is 0 Å². The fourth-order valence-electron chi connectivity index (χ4n) is 3.86. The van der Waals surface area contributed by atoms with Crippen molar-refractivity contribution in [3.63, 3.8) is 0 Å². The lowest BCUT2D eigenvalue weighted by Gasteiger charge is -2.36. The number of nitrogens with one attached hydrogen (secondary N) is 1. The van der Waals surface area contributed by atoms with Crippen LogP contribution in [0.3, 0.4) is 0 Å². The van der Waals surface area contributed by atoms with Gasteiger partial charge < -0.3 is 15.1 Å². The molecule has 2 heterocycles. The first-order valence-electron chi connectivity index (χ1n) is 9.58. The van der Waals surface area contributed by atoms with Crippen LogP contribution in [0.15, 0.2) is 24.3 Å². The number of likely N-dealkylation sites (tertiary alicyclic amines) is 1. The van der Waals surface area contributed by atoms with E-state index in [1.807, 2.05) is 11.9 Å². The summed E-state index contributed by atoms with van der Waals surface area (Å²) in [6.45, 7) is 3.85. The van der Waals surface area contributed by atoms with Crippen molar-refractivity contribution in [1.29, 1.82) is 0 Å². The summed E-state index contributed by atoms with van der Waals surface area (Å²) in [7, 11) is 3.98. The maximum Gasteiger partial charge on any atom is 0.317 e. The molecule has 0 saturated carbocycles. The Morgan fingerprint density at radius 1 is 1.31 bits per heavy atom. The third-order valence-corrected chi connectivity index (χ3v) is 5.50. The molecular weight excluding hydrogens is 328 g/mol. The Morgan fingerprint density at radius 2 is 2.08 bits per heavy atom. The van der Waals surface area contributed by atoms with Gasteiger partial charge in [0.1, 0.15) is 0 Å². The predicted molar refractivity (Wildman–Crippen MR) is 102 cm³/mol. The molecule has 0 aromatic heterocycles. The van der Waals surface area contributed by atoms with Crippen molar-refractivity contribution in [2.45, 2.75) is 38.3 Å². The number of hydrogen-bond acceptors (Lipinski definition) is 3. The van der Waals surface area contributed by atoms with Gasteiger partial charge in [-0.3, -0.25) is 9.69 Å². The van der Waals surface area contributed by atoms with Crippen molar-refractivity contribution in [1.82, 2.24) is 20.0 Å². The molecule has 0 radical (unpaired) electrons. The van der Waals surface area contributed by atoms with Gasteiger partial charge in [-0.15, -0.1) is 0 Å². The highest BCUT2D eigenvalue weighted by molar-refractivity contribution is 5.78. The Kier molecular flexibility index (Phi) is 6.14. The van der Waals surface area contributed by atoms with E-state index in [1.54, 1.807) is 4.90 Å². The lowest BCUT2D eigenvalue weighted by atomic mass is 9.94. The molecule has 1 saturated heterocycles. The normalized spacial score (nSPS) is 20.2. The van der Waals surface area contributed by atoms with Crippen molar-refractivity contribution < 1.29 is 9.59 Å². The minimum absolute atomic E-state index is 0.0370. The summed E-state index contributed by atoms with van der Waals surface area (Å²) >= 11 is 0. The molecule has 6 nitrogen and oxygen atoms in total. The van der Waals surface area contributed by atoms with Gasteiger partial charge in [0.25, 0.3) is 0 Å². The Morgan fingerprint density at radius 3 is 2.81 bits per heavy atom. The van der Waals surface area contributed by atoms with Crippen LogP contribution in [-0.4, -0.2) is 73.0 Å². The number of hydrogen-bond donors (Lipinski definition) is 1. The zero-order valence-corrected chi connectivity index (χ0v) is 15.9. The molecule has 0 bridgehead atoms. The van der Waals surface area contributed by atoms with Gasteiger partial charge in [0.05, 0.1) is 0 Å². The number of amides is 3. The molecular formula is C20H30N4O2. The molecule has 3 amide bonds. The average molecular weight is 358 g/mol. The molecule has 0 aliphatic carbocycles. The summed E-state index contributed by atoms with van der Waals surface area (Å²) in [6, 6.07) is 8.84. The van der Waals surface area contributed by atoms with Crippen LogP contribution in [0.25, 0.3) is 0 Å². The second-order valence-corrected chi connectivity index (χ2v) is 7.49. The summed E-state index contributed by atoms with van der Waals surface area (Å²) in [5.74, 6) is 0.245. The average Bonchev–Trinajstić information content (AvgIpc) is 3.04. The van der Waals surface area contributed by atoms with Crippen LogP contribution >= 0.6 is 0 Å². The van der Waals surface area contributed by atoms with E-state index in [9.17, 15) is 9.59 Å². The molecule has 1 fully saturated rings. The minimum Gasteiger partial charge on any atom is -0.343 e. The highest BCUT2D eigenvalue weighted by Gasteiger charge is 2.25. The smallest absolute Gasteiger partial charge is 0.317 e. The van der Waals surface area contributed by atoms with Crippen molar-refractivity contribution in [2.24, 2.45) is 0 Å². The monoisotopic (exact) mass is 358 g/mol. The number of carbonyl (C=O) groups excluding carboxylic acids is 2. The molecule has 6 heteroatoms. The van der Waals surface area contributed by atoms with E-state index in [0.717, 1.165) is 38.9 Å². The fraction of sp³-hybridized carbons (Fsp3) is 0.600. The molecule has 2 aliphatic heterocycles. The Labute approximate surface area is 156 Å². The third kappa shape index (κ3) is 4.55. The summed E-state index contributed by atoms with van der Waals surface area (Å²) in [5, 5.41) is 2.98. The van der Waals surface area contributed by atoms with E-state index in [4.69, 9.17) is 0 Å². The van der Waals surface area contributed by atoms with Gasteiger partial charge in [0.2, 0.25) is 5.91 Å². The van der Waals surface area contributed by atoms with Gasteiger partial charge in [0.15, 0.2) is 0 Å². The fourth-order valence-corrected chi connectivity index (χ4v) is 3.86. The molecule has 142 valence electrons. The minimum atomic E-state index is -0.0370. The molecule has 26 heavy (non-hydrogen) atoms. The second-order valence-electron chi connectivity index (χ2n) is 7.49. The highest BCUT2D eigenvalue weighted by atomic mass is 16.2.